The van der Waals surface area contributed by atoms with Crippen LogP contribution in [0.3, 0.4) is 0 Å². The number of nitrogens with zero attached hydrogens (tertiary/aromatic N) is 3. The number of thiazole rings is 1. The van der Waals surface area contributed by atoms with E-state index in [4.69, 9.17) is 26.4 Å². The van der Waals surface area contributed by atoms with E-state index in [1.54, 1.807) is 42.2 Å². The average Bonchev–Trinajstić information content (AvgIpc) is 3.54. The first-order valence-corrected chi connectivity index (χ1v) is 13.1. The minimum absolute atomic E-state index is 0.0456. The van der Waals surface area contributed by atoms with Crippen LogP contribution in [0.4, 0.5) is 0 Å². The molecule has 0 fully saturated rings. The summed E-state index contributed by atoms with van der Waals surface area (Å²) in [5, 5.41) is 3.17. The number of rotatable bonds is 8. The van der Waals surface area contributed by atoms with Crippen LogP contribution in [0.2, 0.25) is 0 Å². The first-order chi connectivity index (χ1) is 17.6. The molecule has 5 rings (SSSR count). The Kier molecular flexibility index (Phi) is 7.03. The van der Waals surface area contributed by atoms with Gasteiger partial charge in [0.2, 0.25) is 5.91 Å². The molecule has 0 saturated heterocycles. The lowest BCUT2D eigenvalue weighted by atomic mass is 10.3. The topological polar surface area (TPSA) is 91.3 Å². The monoisotopic (exact) mass is 536 g/mol. The Labute approximate surface area is 219 Å². The zero-order valence-electron chi connectivity index (χ0n) is 19.0. The fourth-order valence-electron chi connectivity index (χ4n) is 3.64. The lowest BCUT2D eigenvalue weighted by molar-refractivity contribution is -0.118. The van der Waals surface area contributed by atoms with Gasteiger partial charge in [-0.3, -0.25) is 18.7 Å². The van der Waals surface area contributed by atoms with Crippen LogP contribution in [0.25, 0.3) is 21.7 Å². The number of amides is 1. The number of carbonyl (C=O) groups is 1. The maximum atomic E-state index is 13.8. The van der Waals surface area contributed by atoms with Crippen LogP contribution in [0, 0.1) is 3.95 Å². The first kappa shape index (κ1) is 24.0. The van der Waals surface area contributed by atoms with Crippen molar-refractivity contribution in [3.05, 3.63) is 93.1 Å². The van der Waals surface area contributed by atoms with Crippen molar-refractivity contribution >= 4 is 51.6 Å². The fraction of sp³-hybridized carbons (Fsp3) is 0.120. The SMILES string of the molecule is COc1ccccc1-n1c(SCC(=O)NCc2ccco2)nc2c(sc(=S)n2-c2ccccc2)c1=O. The summed E-state index contributed by atoms with van der Waals surface area (Å²) in [7, 11) is 1.54. The summed E-state index contributed by atoms with van der Waals surface area (Å²) in [6.07, 6.45) is 1.55. The third-order valence-electron chi connectivity index (χ3n) is 5.29. The minimum atomic E-state index is -0.284. The van der Waals surface area contributed by atoms with E-state index in [0.717, 1.165) is 17.4 Å². The molecule has 8 nitrogen and oxygen atoms in total. The van der Waals surface area contributed by atoms with Gasteiger partial charge in [-0.2, -0.15) is 0 Å². The predicted molar refractivity (Wildman–Crippen MR) is 143 cm³/mol. The number of thioether (sulfide) groups is 1. The molecular weight excluding hydrogens is 517 g/mol. The molecule has 0 aliphatic heterocycles. The third kappa shape index (κ3) is 4.72. The number of hydrogen-bond acceptors (Lipinski definition) is 8. The molecule has 0 radical (unpaired) electrons. The number of fused-ring (bicyclic) bond motifs is 1. The van der Waals surface area contributed by atoms with E-state index < -0.39 is 0 Å². The molecule has 0 atom stereocenters. The highest BCUT2D eigenvalue weighted by Crippen LogP contribution is 2.30. The van der Waals surface area contributed by atoms with Crippen molar-refractivity contribution in [2.24, 2.45) is 0 Å². The molecule has 0 unspecified atom stereocenters. The maximum absolute atomic E-state index is 13.8. The van der Waals surface area contributed by atoms with Gasteiger partial charge in [0.1, 0.15) is 16.2 Å². The number of aromatic nitrogens is 3. The molecule has 1 amide bonds. The van der Waals surface area contributed by atoms with E-state index in [-0.39, 0.29) is 23.8 Å². The van der Waals surface area contributed by atoms with E-state index in [0.29, 0.717) is 36.7 Å². The lowest BCUT2D eigenvalue weighted by Gasteiger charge is -2.15. The second-order valence-electron chi connectivity index (χ2n) is 7.54. The van der Waals surface area contributed by atoms with E-state index >= 15 is 0 Å². The summed E-state index contributed by atoms with van der Waals surface area (Å²) in [4.78, 5) is 31.3. The Hall–Kier alpha value is -3.67. The Morgan fingerprint density at radius 2 is 1.89 bits per heavy atom. The third-order valence-corrected chi connectivity index (χ3v) is 7.58. The molecule has 0 spiro atoms. The predicted octanol–water partition coefficient (Wildman–Crippen LogP) is 4.98. The summed E-state index contributed by atoms with van der Waals surface area (Å²) in [6, 6.07) is 20.3. The van der Waals surface area contributed by atoms with Crippen molar-refractivity contribution in [1.82, 2.24) is 19.4 Å². The van der Waals surface area contributed by atoms with Crippen molar-refractivity contribution in [2.45, 2.75) is 11.7 Å². The van der Waals surface area contributed by atoms with Gasteiger partial charge in [-0.15, -0.1) is 0 Å². The number of furan rings is 1. The van der Waals surface area contributed by atoms with Gasteiger partial charge in [0, 0.05) is 5.69 Å². The van der Waals surface area contributed by atoms with Gasteiger partial charge in [0.25, 0.3) is 5.56 Å². The van der Waals surface area contributed by atoms with Gasteiger partial charge in [0.05, 0.1) is 31.4 Å². The van der Waals surface area contributed by atoms with Gasteiger partial charge in [-0.1, -0.05) is 53.4 Å². The molecule has 3 heterocycles. The number of hydrogen-bond donors (Lipinski definition) is 1. The van der Waals surface area contributed by atoms with Crippen LogP contribution in [-0.4, -0.2) is 32.9 Å². The van der Waals surface area contributed by atoms with Crippen LogP contribution in [0.5, 0.6) is 5.75 Å². The van der Waals surface area contributed by atoms with Gasteiger partial charge in [-0.05, 0) is 48.6 Å². The van der Waals surface area contributed by atoms with Gasteiger partial charge < -0.3 is 14.5 Å². The normalized spacial score (nSPS) is 11.0. The van der Waals surface area contributed by atoms with E-state index in [1.807, 2.05) is 42.5 Å². The maximum Gasteiger partial charge on any atom is 0.278 e. The average molecular weight is 537 g/mol. The molecule has 2 aromatic carbocycles. The van der Waals surface area contributed by atoms with E-state index in [9.17, 15) is 9.59 Å². The first-order valence-electron chi connectivity index (χ1n) is 10.9. The second kappa shape index (κ2) is 10.5. The zero-order chi connectivity index (χ0) is 25.1. The van der Waals surface area contributed by atoms with Crippen LogP contribution in [0.15, 0.2) is 87.4 Å². The summed E-state index contributed by atoms with van der Waals surface area (Å²) < 4.78 is 15.0. The second-order valence-corrected chi connectivity index (χ2v) is 10.1. The van der Waals surface area contributed by atoms with Gasteiger partial charge >= 0.3 is 0 Å². The number of para-hydroxylation sites is 3. The zero-order valence-corrected chi connectivity index (χ0v) is 21.5. The largest absolute Gasteiger partial charge is 0.495 e. The molecule has 0 aliphatic rings. The summed E-state index contributed by atoms with van der Waals surface area (Å²) in [5.41, 5.74) is 1.51. The van der Waals surface area contributed by atoms with Gasteiger partial charge in [0.15, 0.2) is 14.8 Å². The van der Waals surface area contributed by atoms with E-state index in [1.165, 1.54) is 15.9 Å². The molecule has 1 N–H and O–H groups in total. The summed E-state index contributed by atoms with van der Waals surface area (Å²) in [6.45, 7) is 0.274. The Bertz CT molecular complexity index is 1640. The van der Waals surface area contributed by atoms with E-state index in [2.05, 4.69) is 5.32 Å². The fourth-order valence-corrected chi connectivity index (χ4v) is 5.77. The summed E-state index contributed by atoms with van der Waals surface area (Å²) >= 11 is 7.98. The highest BCUT2D eigenvalue weighted by atomic mass is 32.2. The van der Waals surface area contributed by atoms with Crippen molar-refractivity contribution in [2.75, 3.05) is 12.9 Å². The van der Waals surface area contributed by atoms with Crippen molar-refractivity contribution < 1.29 is 13.9 Å². The highest BCUT2D eigenvalue weighted by molar-refractivity contribution is 7.99. The number of benzene rings is 2. The smallest absolute Gasteiger partial charge is 0.278 e. The molecule has 36 heavy (non-hydrogen) atoms. The van der Waals surface area contributed by atoms with Crippen molar-refractivity contribution in [3.8, 4) is 17.1 Å². The molecule has 0 bridgehead atoms. The standard InChI is InChI=1S/C25H20N4O4S3/c1-32-19-12-6-5-11-18(19)29-23(31)21-22(28(25(34)36-21)16-8-3-2-4-9-16)27-24(29)35-15-20(30)26-14-17-10-7-13-33-17/h2-13H,14-15H2,1H3,(H,26,30). The number of methoxy groups -OCH3 is 1. The Balaban J connectivity index is 1.60. The number of nitrogens with one attached hydrogen (secondary N) is 1. The highest BCUT2D eigenvalue weighted by Gasteiger charge is 2.21. The van der Waals surface area contributed by atoms with Crippen molar-refractivity contribution in [1.29, 1.82) is 0 Å². The van der Waals surface area contributed by atoms with Crippen LogP contribution in [0.1, 0.15) is 5.76 Å². The summed E-state index contributed by atoms with van der Waals surface area (Å²) in [5.74, 6) is 0.988. The Morgan fingerprint density at radius 3 is 2.64 bits per heavy atom. The number of carbonyl (C=O) groups excluding carboxylic acids is 1. The molecule has 11 heteroatoms. The molecular formula is C25H20N4O4S3. The molecule has 182 valence electrons. The van der Waals surface area contributed by atoms with Crippen molar-refractivity contribution in [3.63, 3.8) is 0 Å². The van der Waals surface area contributed by atoms with Crippen LogP contribution in [-0.2, 0) is 11.3 Å². The molecule has 0 saturated carbocycles. The molecule has 0 aliphatic carbocycles. The molecule has 3 aromatic heterocycles. The lowest BCUT2D eigenvalue weighted by Crippen LogP contribution is -2.26. The Morgan fingerprint density at radius 1 is 1.11 bits per heavy atom. The molecule has 5 aromatic rings. The number of ether oxygens (including phenoxy) is 1. The van der Waals surface area contributed by atoms with Gasteiger partial charge in [-0.25, -0.2) is 4.98 Å². The van der Waals surface area contributed by atoms with Crippen LogP contribution >= 0.6 is 35.3 Å². The quantitative estimate of drug-likeness (QED) is 0.170. The minimum Gasteiger partial charge on any atom is -0.495 e. The van der Waals surface area contributed by atoms with Crippen LogP contribution < -0.4 is 15.6 Å².